The van der Waals surface area contributed by atoms with Crippen LogP contribution in [0.1, 0.15) is 84.6 Å². The third-order valence-electron chi connectivity index (χ3n) is 8.38. The number of nitrogens with zero attached hydrogens (tertiary/aromatic N) is 1. The molecular formula is C26H39NO4S. The van der Waals surface area contributed by atoms with Gasteiger partial charge in [-0.15, -0.1) is 0 Å². The van der Waals surface area contributed by atoms with Crippen molar-refractivity contribution < 1.29 is 17.9 Å². The zero-order valence-electron chi connectivity index (χ0n) is 20.0. The molecule has 4 rings (SSSR count). The van der Waals surface area contributed by atoms with Gasteiger partial charge in [0, 0.05) is 0 Å². The Labute approximate surface area is 194 Å². The predicted octanol–water partition coefficient (Wildman–Crippen LogP) is 5.49. The summed E-state index contributed by atoms with van der Waals surface area (Å²) in [5.41, 5.74) is -0.0697. The lowest BCUT2D eigenvalue weighted by atomic mass is 9.72. The molecule has 2 fully saturated rings. The van der Waals surface area contributed by atoms with E-state index < -0.39 is 21.5 Å². The first-order valence-corrected chi connectivity index (χ1v) is 13.9. The number of amides is 1. The second-order valence-corrected chi connectivity index (χ2v) is 12.6. The summed E-state index contributed by atoms with van der Waals surface area (Å²) in [5.74, 6) is 1.18. The molecule has 4 atom stereocenters. The van der Waals surface area contributed by atoms with Gasteiger partial charge in [-0.05, 0) is 67.9 Å². The third-order valence-corrected chi connectivity index (χ3v) is 10.4. The number of carbonyl (C=O) groups excluding carboxylic acids is 1. The average molecular weight is 462 g/mol. The molecule has 0 unspecified atom stereocenters. The SMILES string of the molecule is CC(C)[C@@H]1CC[C@@H](C)C[C@H]1OCC(=O)N1[C@](C)(C2CCCCC2)c2ccccc2S1(=O)=O. The Morgan fingerprint density at radius 1 is 1.12 bits per heavy atom. The monoisotopic (exact) mass is 461 g/mol. The van der Waals surface area contributed by atoms with Crippen LogP contribution in [0.2, 0.25) is 0 Å². The van der Waals surface area contributed by atoms with E-state index in [4.69, 9.17) is 4.74 Å². The molecule has 32 heavy (non-hydrogen) atoms. The van der Waals surface area contributed by atoms with Crippen molar-refractivity contribution in [1.82, 2.24) is 4.31 Å². The van der Waals surface area contributed by atoms with Crippen LogP contribution in [-0.4, -0.2) is 31.3 Å². The topological polar surface area (TPSA) is 63.7 Å². The van der Waals surface area contributed by atoms with E-state index in [1.54, 1.807) is 12.1 Å². The number of ether oxygens (including phenoxy) is 1. The van der Waals surface area contributed by atoms with Crippen molar-refractivity contribution in [3.63, 3.8) is 0 Å². The summed E-state index contributed by atoms with van der Waals surface area (Å²) in [7, 11) is -3.89. The first-order valence-electron chi connectivity index (χ1n) is 12.5. The molecule has 3 aliphatic rings. The minimum Gasteiger partial charge on any atom is -0.368 e. The number of fused-ring (bicyclic) bond motifs is 1. The number of benzene rings is 1. The molecule has 1 amide bonds. The molecule has 0 N–H and O–H groups in total. The van der Waals surface area contributed by atoms with E-state index in [1.807, 2.05) is 19.1 Å². The Hall–Kier alpha value is -1.40. The highest BCUT2D eigenvalue weighted by Crippen LogP contribution is 2.52. The third kappa shape index (κ3) is 4.02. The quantitative estimate of drug-likeness (QED) is 0.582. The van der Waals surface area contributed by atoms with Crippen LogP contribution in [0.3, 0.4) is 0 Å². The molecular weight excluding hydrogens is 422 g/mol. The highest BCUT2D eigenvalue weighted by atomic mass is 32.2. The van der Waals surface area contributed by atoms with Gasteiger partial charge in [0.15, 0.2) is 0 Å². The van der Waals surface area contributed by atoms with Crippen molar-refractivity contribution in [3.8, 4) is 0 Å². The Morgan fingerprint density at radius 3 is 2.50 bits per heavy atom. The van der Waals surface area contributed by atoms with E-state index in [0.717, 1.165) is 44.1 Å². The van der Waals surface area contributed by atoms with Crippen LogP contribution >= 0.6 is 0 Å². The van der Waals surface area contributed by atoms with Crippen LogP contribution in [0.4, 0.5) is 0 Å². The number of sulfonamides is 1. The van der Waals surface area contributed by atoms with E-state index in [9.17, 15) is 13.2 Å². The smallest absolute Gasteiger partial charge is 0.267 e. The zero-order valence-corrected chi connectivity index (χ0v) is 20.9. The summed E-state index contributed by atoms with van der Waals surface area (Å²) in [6, 6.07) is 7.18. The number of hydrogen-bond acceptors (Lipinski definition) is 4. The standard InChI is InChI=1S/C26H39NO4S/c1-18(2)21-15-14-19(3)16-23(21)31-17-25(28)27-26(4,20-10-6-5-7-11-20)22-12-8-9-13-24(22)32(27,29)30/h8-9,12-13,18-21,23H,5-7,10-11,14-17H2,1-4H3/t19-,21+,23-,26-/m1/s1. The summed E-state index contributed by atoms with van der Waals surface area (Å²) in [4.78, 5) is 13.9. The minimum absolute atomic E-state index is 0.0105. The van der Waals surface area contributed by atoms with Crippen molar-refractivity contribution >= 4 is 15.9 Å². The first kappa shape index (κ1) is 23.7. The second kappa shape index (κ2) is 9.09. The second-order valence-electron chi connectivity index (χ2n) is 10.8. The van der Waals surface area contributed by atoms with Gasteiger partial charge in [0.2, 0.25) is 0 Å². The number of hydrogen-bond donors (Lipinski definition) is 0. The molecule has 6 heteroatoms. The summed E-state index contributed by atoms with van der Waals surface area (Å²) in [6.45, 7) is 8.44. The maximum Gasteiger partial charge on any atom is 0.267 e. The fourth-order valence-corrected chi connectivity index (χ4v) is 8.62. The predicted molar refractivity (Wildman–Crippen MR) is 125 cm³/mol. The zero-order chi connectivity index (χ0) is 23.1. The Bertz CT molecular complexity index is 937. The minimum atomic E-state index is -3.89. The van der Waals surface area contributed by atoms with Gasteiger partial charge in [0.1, 0.15) is 6.61 Å². The average Bonchev–Trinajstić information content (AvgIpc) is 2.96. The van der Waals surface area contributed by atoms with E-state index in [-0.39, 0.29) is 23.5 Å². The molecule has 2 aliphatic carbocycles. The van der Waals surface area contributed by atoms with Crippen molar-refractivity contribution in [3.05, 3.63) is 29.8 Å². The molecule has 1 aromatic rings. The van der Waals surface area contributed by atoms with Crippen LogP contribution < -0.4 is 0 Å². The summed E-state index contributed by atoms with van der Waals surface area (Å²) in [6.07, 6.45) is 8.46. The fraction of sp³-hybridized carbons (Fsp3) is 0.731. The summed E-state index contributed by atoms with van der Waals surface area (Å²) < 4.78 is 34.6. The van der Waals surface area contributed by atoms with Gasteiger partial charge in [0.25, 0.3) is 15.9 Å². The largest absolute Gasteiger partial charge is 0.368 e. The lowest BCUT2D eigenvalue weighted by molar-refractivity contribution is -0.142. The lowest BCUT2D eigenvalue weighted by Gasteiger charge is -2.43. The highest BCUT2D eigenvalue weighted by Gasteiger charge is 2.56. The van der Waals surface area contributed by atoms with Crippen LogP contribution in [0.5, 0.6) is 0 Å². The molecule has 1 heterocycles. The summed E-state index contributed by atoms with van der Waals surface area (Å²) >= 11 is 0. The molecule has 0 radical (unpaired) electrons. The molecule has 0 bridgehead atoms. The van der Waals surface area contributed by atoms with Gasteiger partial charge in [-0.2, -0.15) is 0 Å². The van der Waals surface area contributed by atoms with Gasteiger partial charge < -0.3 is 4.74 Å². The van der Waals surface area contributed by atoms with Crippen LogP contribution in [0.15, 0.2) is 29.2 Å². The molecule has 0 spiro atoms. The highest BCUT2D eigenvalue weighted by molar-refractivity contribution is 7.90. The molecule has 2 saturated carbocycles. The normalized spacial score (nSPS) is 32.8. The van der Waals surface area contributed by atoms with E-state index in [2.05, 4.69) is 20.8 Å². The van der Waals surface area contributed by atoms with Crippen molar-refractivity contribution in [1.29, 1.82) is 0 Å². The Morgan fingerprint density at radius 2 is 1.81 bits per heavy atom. The first-order chi connectivity index (χ1) is 15.2. The van der Waals surface area contributed by atoms with Crippen LogP contribution in [-0.2, 0) is 25.1 Å². The fourth-order valence-electron chi connectivity index (χ4n) is 6.55. The van der Waals surface area contributed by atoms with Crippen molar-refractivity contribution in [2.45, 2.75) is 95.6 Å². The number of carbonyl (C=O) groups is 1. The van der Waals surface area contributed by atoms with E-state index >= 15 is 0 Å². The number of rotatable bonds is 5. The van der Waals surface area contributed by atoms with Crippen LogP contribution in [0.25, 0.3) is 0 Å². The summed E-state index contributed by atoms with van der Waals surface area (Å²) in [5, 5.41) is 0. The van der Waals surface area contributed by atoms with E-state index in [1.165, 1.54) is 17.1 Å². The molecule has 178 valence electrons. The van der Waals surface area contributed by atoms with Gasteiger partial charge in [-0.3, -0.25) is 4.79 Å². The van der Waals surface area contributed by atoms with Crippen molar-refractivity contribution in [2.75, 3.05) is 6.61 Å². The van der Waals surface area contributed by atoms with E-state index in [0.29, 0.717) is 17.8 Å². The van der Waals surface area contributed by atoms with Gasteiger partial charge in [0.05, 0.1) is 16.5 Å². The molecule has 0 saturated heterocycles. The Balaban J connectivity index is 1.62. The molecule has 0 aromatic heterocycles. The molecule has 1 aliphatic heterocycles. The van der Waals surface area contributed by atoms with Gasteiger partial charge in [-0.25, -0.2) is 12.7 Å². The lowest BCUT2D eigenvalue weighted by Crippen LogP contribution is -2.52. The van der Waals surface area contributed by atoms with Gasteiger partial charge in [-0.1, -0.05) is 64.7 Å². The molecule has 5 nitrogen and oxygen atoms in total. The Kier molecular flexibility index (Phi) is 6.75. The maximum absolute atomic E-state index is 13.6. The van der Waals surface area contributed by atoms with Crippen LogP contribution in [0, 0.1) is 23.7 Å². The van der Waals surface area contributed by atoms with Gasteiger partial charge >= 0.3 is 0 Å². The van der Waals surface area contributed by atoms with Crippen molar-refractivity contribution in [2.24, 2.45) is 23.7 Å². The maximum atomic E-state index is 13.6. The molecule has 1 aromatic carbocycles.